The highest BCUT2D eigenvalue weighted by Crippen LogP contribution is 2.34. The fourth-order valence-electron chi connectivity index (χ4n) is 2.61. The molecule has 0 spiro atoms. The number of piperidine rings is 1. The third-order valence-corrected chi connectivity index (χ3v) is 4.77. The Morgan fingerprint density at radius 1 is 1.42 bits per heavy atom. The Bertz CT molecular complexity index is 442. The minimum Gasteiger partial charge on any atom is -0.326 e. The standard InChI is InChI=1S/C15H22N2OS/c1-3-15(7-9-16-10-8-15)14(18)17-12-5-4-6-13(11-12)19-2/h4-6,11,16H,3,7-10H2,1-2H3,(H,17,18). The van der Waals surface area contributed by atoms with E-state index in [0.717, 1.165) is 38.0 Å². The predicted molar refractivity (Wildman–Crippen MR) is 81.7 cm³/mol. The Morgan fingerprint density at radius 3 is 2.79 bits per heavy atom. The van der Waals surface area contributed by atoms with E-state index < -0.39 is 0 Å². The third kappa shape index (κ3) is 3.31. The summed E-state index contributed by atoms with van der Waals surface area (Å²) in [5.41, 5.74) is 0.712. The maximum absolute atomic E-state index is 12.6. The fourth-order valence-corrected chi connectivity index (χ4v) is 3.07. The molecule has 1 heterocycles. The zero-order chi connectivity index (χ0) is 13.7. The van der Waals surface area contributed by atoms with E-state index in [1.165, 1.54) is 4.90 Å². The average molecular weight is 278 g/mol. The van der Waals surface area contributed by atoms with Crippen LogP contribution in [-0.4, -0.2) is 25.3 Å². The molecule has 1 amide bonds. The minimum atomic E-state index is -0.194. The summed E-state index contributed by atoms with van der Waals surface area (Å²) < 4.78 is 0. The number of carbonyl (C=O) groups is 1. The molecule has 1 aliphatic heterocycles. The summed E-state index contributed by atoms with van der Waals surface area (Å²) in [6.07, 6.45) is 4.80. The lowest BCUT2D eigenvalue weighted by Gasteiger charge is -2.35. The van der Waals surface area contributed by atoms with Crippen LogP contribution in [0.5, 0.6) is 0 Å². The van der Waals surface area contributed by atoms with Gasteiger partial charge in [0.15, 0.2) is 0 Å². The Hall–Kier alpha value is -1.00. The molecule has 0 radical (unpaired) electrons. The van der Waals surface area contributed by atoms with Crippen molar-refractivity contribution < 1.29 is 4.79 Å². The number of thioether (sulfide) groups is 1. The van der Waals surface area contributed by atoms with Crippen LogP contribution in [-0.2, 0) is 4.79 Å². The molecule has 1 aromatic rings. The maximum atomic E-state index is 12.6. The molecule has 3 nitrogen and oxygen atoms in total. The highest BCUT2D eigenvalue weighted by Gasteiger charge is 2.37. The van der Waals surface area contributed by atoms with Gasteiger partial charge in [-0.25, -0.2) is 0 Å². The van der Waals surface area contributed by atoms with Gasteiger partial charge in [0, 0.05) is 10.6 Å². The average Bonchev–Trinajstić information content (AvgIpc) is 2.48. The van der Waals surface area contributed by atoms with Gasteiger partial charge in [-0.3, -0.25) is 4.79 Å². The number of amides is 1. The molecular formula is C15H22N2OS. The quantitative estimate of drug-likeness (QED) is 0.831. The molecule has 1 saturated heterocycles. The summed E-state index contributed by atoms with van der Waals surface area (Å²) in [5, 5.41) is 6.43. The molecule has 1 fully saturated rings. The van der Waals surface area contributed by atoms with Gasteiger partial charge in [-0.05, 0) is 56.8 Å². The number of nitrogens with one attached hydrogen (secondary N) is 2. The second-order valence-corrected chi connectivity index (χ2v) is 5.95. The first kappa shape index (κ1) is 14.4. The van der Waals surface area contributed by atoms with Gasteiger partial charge in [0.05, 0.1) is 5.41 Å². The van der Waals surface area contributed by atoms with Crippen molar-refractivity contribution in [2.24, 2.45) is 5.41 Å². The smallest absolute Gasteiger partial charge is 0.230 e. The SMILES string of the molecule is CCC1(C(=O)Nc2cccc(SC)c2)CCNCC1. The summed E-state index contributed by atoms with van der Waals surface area (Å²) >= 11 is 1.69. The van der Waals surface area contributed by atoms with Crippen molar-refractivity contribution in [2.45, 2.75) is 31.1 Å². The van der Waals surface area contributed by atoms with Gasteiger partial charge < -0.3 is 10.6 Å². The highest BCUT2D eigenvalue weighted by molar-refractivity contribution is 7.98. The molecule has 1 aliphatic rings. The molecule has 0 unspecified atom stereocenters. The summed E-state index contributed by atoms with van der Waals surface area (Å²) in [6, 6.07) is 8.04. The number of hydrogen-bond donors (Lipinski definition) is 2. The second kappa shape index (κ2) is 6.44. The van der Waals surface area contributed by atoms with Gasteiger partial charge in [-0.2, -0.15) is 0 Å². The zero-order valence-electron chi connectivity index (χ0n) is 11.7. The maximum Gasteiger partial charge on any atom is 0.230 e. The molecule has 0 saturated carbocycles. The fraction of sp³-hybridized carbons (Fsp3) is 0.533. The van der Waals surface area contributed by atoms with E-state index in [0.29, 0.717) is 0 Å². The predicted octanol–water partition coefficient (Wildman–Crippen LogP) is 3.13. The second-order valence-electron chi connectivity index (χ2n) is 5.07. The summed E-state index contributed by atoms with van der Waals surface area (Å²) in [5.74, 6) is 0.176. The number of anilines is 1. The first-order chi connectivity index (χ1) is 9.20. The van der Waals surface area contributed by atoms with E-state index in [4.69, 9.17) is 0 Å². The van der Waals surface area contributed by atoms with Crippen LogP contribution in [0.15, 0.2) is 29.2 Å². The van der Waals surface area contributed by atoms with Crippen molar-refractivity contribution in [1.29, 1.82) is 0 Å². The minimum absolute atomic E-state index is 0.176. The van der Waals surface area contributed by atoms with Gasteiger partial charge in [0.1, 0.15) is 0 Å². The lowest BCUT2D eigenvalue weighted by molar-refractivity contribution is -0.127. The lowest BCUT2D eigenvalue weighted by Crippen LogP contribution is -2.44. The van der Waals surface area contributed by atoms with Crippen LogP contribution >= 0.6 is 11.8 Å². The van der Waals surface area contributed by atoms with Crippen molar-refractivity contribution in [3.63, 3.8) is 0 Å². The molecule has 0 aliphatic carbocycles. The Kier molecular flexibility index (Phi) is 4.88. The monoisotopic (exact) mass is 278 g/mol. The first-order valence-corrected chi connectivity index (χ1v) is 8.09. The van der Waals surface area contributed by atoms with E-state index in [-0.39, 0.29) is 11.3 Å². The van der Waals surface area contributed by atoms with Crippen molar-refractivity contribution >= 4 is 23.4 Å². The van der Waals surface area contributed by atoms with Crippen molar-refractivity contribution in [2.75, 3.05) is 24.7 Å². The molecule has 1 aromatic carbocycles. The van der Waals surface area contributed by atoms with E-state index in [1.807, 2.05) is 24.5 Å². The largest absolute Gasteiger partial charge is 0.326 e. The van der Waals surface area contributed by atoms with Crippen LogP contribution in [0.1, 0.15) is 26.2 Å². The summed E-state index contributed by atoms with van der Waals surface area (Å²) in [6.45, 7) is 3.99. The molecular weight excluding hydrogens is 256 g/mol. The van der Waals surface area contributed by atoms with Crippen molar-refractivity contribution in [1.82, 2.24) is 5.32 Å². The highest BCUT2D eigenvalue weighted by atomic mass is 32.2. The van der Waals surface area contributed by atoms with Gasteiger partial charge in [0.25, 0.3) is 0 Å². The van der Waals surface area contributed by atoms with E-state index in [1.54, 1.807) is 11.8 Å². The Labute approximate surface area is 119 Å². The van der Waals surface area contributed by atoms with E-state index >= 15 is 0 Å². The van der Waals surface area contributed by atoms with Gasteiger partial charge in [-0.15, -0.1) is 11.8 Å². The number of rotatable bonds is 4. The Morgan fingerprint density at radius 2 is 2.16 bits per heavy atom. The van der Waals surface area contributed by atoms with Crippen molar-refractivity contribution in [3.05, 3.63) is 24.3 Å². The molecule has 0 bridgehead atoms. The molecule has 4 heteroatoms. The molecule has 2 rings (SSSR count). The van der Waals surface area contributed by atoms with Crippen LogP contribution in [0, 0.1) is 5.41 Å². The molecule has 2 N–H and O–H groups in total. The number of hydrogen-bond acceptors (Lipinski definition) is 3. The molecule has 104 valence electrons. The van der Waals surface area contributed by atoms with Crippen LogP contribution in [0.25, 0.3) is 0 Å². The molecule has 0 aromatic heterocycles. The lowest BCUT2D eigenvalue weighted by atomic mass is 9.76. The van der Waals surface area contributed by atoms with Crippen LogP contribution in [0.2, 0.25) is 0 Å². The van der Waals surface area contributed by atoms with Gasteiger partial charge in [-0.1, -0.05) is 13.0 Å². The number of benzene rings is 1. The van der Waals surface area contributed by atoms with Crippen molar-refractivity contribution in [3.8, 4) is 0 Å². The zero-order valence-corrected chi connectivity index (χ0v) is 12.5. The number of carbonyl (C=O) groups excluding carboxylic acids is 1. The first-order valence-electron chi connectivity index (χ1n) is 6.86. The van der Waals surface area contributed by atoms with Crippen LogP contribution in [0.4, 0.5) is 5.69 Å². The molecule has 19 heavy (non-hydrogen) atoms. The van der Waals surface area contributed by atoms with E-state index in [9.17, 15) is 4.79 Å². The van der Waals surface area contributed by atoms with Crippen LogP contribution < -0.4 is 10.6 Å². The normalized spacial score (nSPS) is 18.0. The summed E-state index contributed by atoms with van der Waals surface area (Å²) in [7, 11) is 0. The topological polar surface area (TPSA) is 41.1 Å². The Balaban J connectivity index is 2.10. The molecule has 0 atom stereocenters. The van der Waals surface area contributed by atoms with Gasteiger partial charge >= 0.3 is 0 Å². The third-order valence-electron chi connectivity index (χ3n) is 4.05. The summed E-state index contributed by atoms with van der Waals surface area (Å²) in [4.78, 5) is 13.7. The van der Waals surface area contributed by atoms with Crippen LogP contribution in [0.3, 0.4) is 0 Å². The van der Waals surface area contributed by atoms with E-state index in [2.05, 4.69) is 23.6 Å². The van der Waals surface area contributed by atoms with Gasteiger partial charge in [0.2, 0.25) is 5.91 Å².